The van der Waals surface area contributed by atoms with Crippen LogP contribution in [0.5, 0.6) is 5.75 Å². The summed E-state index contributed by atoms with van der Waals surface area (Å²) in [6.45, 7) is 6.72. The number of fused-ring (bicyclic) bond motifs is 2. The molecule has 0 saturated heterocycles. The Bertz CT molecular complexity index is 1300. The van der Waals surface area contributed by atoms with E-state index in [1.54, 1.807) is 26.8 Å². The van der Waals surface area contributed by atoms with E-state index < -0.39 is 29.2 Å². The zero-order valence-electron chi connectivity index (χ0n) is 18.3. The van der Waals surface area contributed by atoms with Crippen LogP contribution in [0, 0.1) is 6.92 Å². The predicted molar refractivity (Wildman–Crippen MR) is 116 cm³/mol. The summed E-state index contributed by atoms with van der Waals surface area (Å²) in [4.78, 5) is 54.4. The lowest BCUT2D eigenvalue weighted by Crippen LogP contribution is -2.27. The summed E-state index contributed by atoms with van der Waals surface area (Å²) in [6, 6.07) is 9.01. The lowest BCUT2D eigenvalue weighted by Gasteiger charge is -2.19. The molecule has 1 aromatic carbocycles. The number of amides is 1. The van der Waals surface area contributed by atoms with Gasteiger partial charge < -0.3 is 13.9 Å². The number of hydrogen-bond acceptors (Lipinski definition) is 8. The fraction of sp³-hybridized carbons (Fsp3) is 0.208. The number of ketones is 2. The van der Waals surface area contributed by atoms with Crippen molar-refractivity contribution in [1.29, 1.82) is 0 Å². The molecule has 4 rings (SSSR count). The first kappa shape index (κ1) is 21.9. The van der Waals surface area contributed by atoms with Gasteiger partial charge in [-0.3, -0.25) is 19.9 Å². The predicted octanol–water partition coefficient (Wildman–Crippen LogP) is 4.32. The number of aromatic nitrogens is 1. The maximum Gasteiger partial charge on any atom is 0.412 e. The Balaban J connectivity index is 1.55. The number of nitrogens with zero attached hydrogens (tertiary/aromatic N) is 1. The van der Waals surface area contributed by atoms with Crippen LogP contribution in [0.1, 0.15) is 69.1 Å². The molecule has 9 nitrogen and oxygen atoms in total. The third-order valence-corrected chi connectivity index (χ3v) is 4.70. The quantitative estimate of drug-likeness (QED) is 0.363. The molecule has 2 heterocycles. The molecule has 0 unspecified atom stereocenters. The fourth-order valence-corrected chi connectivity index (χ4v) is 3.36. The van der Waals surface area contributed by atoms with E-state index in [9.17, 15) is 19.2 Å². The molecule has 168 valence electrons. The molecule has 0 atom stereocenters. The lowest BCUT2D eigenvalue weighted by molar-refractivity contribution is 0.0634. The van der Waals surface area contributed by atoms with Crippen LogP contribution in [0.2, 0.25) is 0 Å². The highest BCUT2D eigenvalue weighted by molar-refractivity contribution is 6.29. The van der Waals surface area contributed by atoms with Crippen LogP contribution >= 0.6 is 0 Å². The second kappa shape index (κ2) is 8.01. The molecule has 0 radical (unpaired) electrons. The first-order chi connectivity index (χ1) is 15.5. The number of pyridine rings is 1. The monoisotopic (exact) mass is 448 g/mol. The number of ether oxygens (including phenoxy) is 2. The number of hydrogen-bond donors (Lipinski definition) is 1. The van der Waals surface area contributed by atoms with E-state index in [0.29, 0.717) is 5.69 Å². The summed E-state index contributed by atoms with van der Waals surface area (Å²) >= 11 is 0. The van der Waals surface area contributed by atoms with Crippen molar-refractivity contribution in [3.8, 4) is 5.75 Å². The van der Waals surface area contributed by atoms with Crippen LogP contribution in [-0.2, 0) is 4.74 Å². The van der Waals surface area contributed by atoms with Crippen LogP contribution < -0.4 is 10.1 Å². The summed E-state index contributed by atoms with van der Waals surface area (Å²) in [6.07, 6.45) is 0.775. The molecule has 0 spiro atoms. The highest BCUT2D eigenvalue weighted by atomic mass is 16.6. The molecule has 0 saturated carbocycles. The van der Waals surface area contributed by atoms with Gasteiger partial charge in [0.25, 0.3) is 0 Å². The minimum atomic E-state index is -0.856. The number of anilines is 1. The molecular weight excluding hydrogens is 428 g/mol. The third kappa shape index (κ3) is 4.25. The van der Waals surface area contributed by atoms with Gasteiger partial charge in [0.2, 0.25) is 11.6 Å². The number of esters is 1. The Morgan fingerprint density at radius 2 is 1.73 bits per heavy atom. The Morgan fingerprint density at radius 1 is 1.03 bits per heavy atom. The lowest BCUT2D eigenvalue weighted by atomic mass is 9.90. The van der Waals surface area contributed by atoms with E-state index in [1.165, 1.54) is 43.5 Å². The van der Waals surface area contributed by atoms with Gasteiger partial charge in [-0.05, 0) is 64.1 Å². The molecule has 3 aromatic rings. The first-order valence-corrected chi connectivity index (χ1v) is 10.0. The maximum absolute atomic E-state index is 13.0. The fourth-order valence-electron chi connectivity index (χ4n) is 3.36. The minimum absolute atomic E-state index is 0.0394. The van der Waals surface area contributed by atoms with Crippen molar-refractivity contribution in [3.63, 3.8) is 0 Å². The van der Waals surface area contributed by atoms with Crippen molar-refractivity contribution in [2.45, 2.75) is 33.3 Å². The Labute approximate surface area is 188 Å². The molecule has 1 amide bonds. The normalized spacial score (nSPS) is 12.6. The Hall–Kier alpha value is -4.27. The van der Waals surface area contributed by atoms with Gasteiger partial charge in [-0.15, -0.1) is 0 Å². The molecule has 1 N–H and O–H groups in total. The average molecular weight is 448 g/mol. The van der Waals surface area contributed by atoms with E-state index >= 15 is 0 Å². The van der Waals surface area contributed by atoms with Gasteiger partial charge >= 0.3 is 12.1 Å². The molecule has 0 aliphatic heterocycles. The second-order valence-electron chi connectivity index (χ2n) is 8.34. The van der Waals surface area contributed by atoms with Crippen LogP contribution in [0.15, 0.2) is 47.0 Å². The number of rotatable bonds is 3. The van der Waals surface area contributed by atoms with Crippen LogP contribution in [-0.4, -0.2) is 34.2 Å². The van der Waals surface area contributed by atoms with Crippen LogP contribution in [0.3, 0.4) is 0 Å². The largest absolute Gasteiger partial charge is 0.456 e. The minimum Gasteiger partial charge on any atom is -0.456 e. The SMILES string of the molecule is Cc1oc2c(c1C(=O)Oc1ccc(NC(=O)OC(C)(C)C)cc1)C(=O)c1ncccc1C2=O. The third-order valence-electron chi connectivity index (χ3n) is 4.70. The highest BCUT2D eigenvalue weighted by Gasteiger charge is 2.39. The maximum atomic E-state index is 13.0. The summed E-state index contributed by atoms with van der Waals surface area (Å²) < 4.78 is 16.1. The number of furan rings is 1. The molecule has 0 fully saturated rings. The number of benzene rings is 1. The van der Waals surface area contributed by atoms with E-state index in [0.717, 1.165) is 0 Å². The van der Waals surface area contributed by atoms with Gasteiger partial charge in [-0.1, -0.05) is 0 Å². The molecule has 33 heavy (non-hydrogen) atoms. The molecule has 2 aromatic heterocycles. The van der Waals surface area contributed by atoms with Crippen molar-refractivity contribution in [2.75, 3.05) is 5.32 Å². The van der Waals surface area contributed by atoms with E-state index in [1.807, 2.05) is 0 Å². The van der Waals surface area contributed by atoms with Gasteiger partial charge in [0, 0.05) is 11.9 Å². The topological polar surface area (TPSA) is 125 Å². The molecule has 0 bridgehead atoms. The van der Waals surface area contributed by atoms with E-state index in [2.05, 4.69) is 10.3 Å². The summed E-state index contributed by atoms with van der Waals surface area (Å²) in [5.41, 5.74) is -0.410. The second-order valence-corrected chi connectivity index (χ2v) is 8.34. The molecule has 1 aliphatic carbocycles. The zero-order valence-corrected chi connectivity index (χ0v) is 18.3. The van der Waals surface area contributed by atoms with Crippen molar-refractivity contribution in [3.05, 3.63) is 76.5 Å². The molecule has 9 heteroatoms. The standard InChI is InChI=1S/C24H20N2O7/c1-12-16(17-20(28)18-15(6-5-11-25-18)19(27)21(17)31-12)22(29)32-14-9-7-13(8-10-14)26-23(30)33-24(2,3)4/h5-11H,1-4H3,(H,26,30). The Morgan fingerprint density at radius 3 is 2.39 bits per heavy atom. The van der Waals surface area contributed by atoms with Gasteiger partial charge in [-0.25, -0.2) is 9.59 Å². The van der Waals surface area contributed by atoms with E-state index in [4.69, 9.17) is 13.9 Å². The number of carbonyl (C=O) groups excluding carboxylic acids is 4. The number of aryl methyl sites for hydroxylation is 1. The highest BCUT2D eigenvalue weighted by Crippen LogP contribution is 2.33. The van der Waals surface area contributed by atoms with Crippen molar-refractivity contribution in [2.24, 2.45) is 0 Å². The smallest absolute Gasteiger partial charge is 0.412 e. The van der Waals surface area contributed by atoms with Gasteiger partial charge in [0.15, 0.2) is 5.76 Å². The molecule has 1 aliphatic rings. The average Bonchev–Trinajstić information content (AvgIpc) is 3.09. The van der Waals surface area contributed by atoms with Crippen molar-refractivity contribution >= 4 is 29.3 Å². The Kier molecular flexibility index (Phi) is 5.33. The van der Waals surface area contributed by atoms with Gasteiger partial charge in [-0.2, -0.15) is 0 Å². The van der Waals surface area contributed by atoms with Gasteiger partial charge in [0.1, 0.15) is 28.4 Å². The summed E-state index contributed by atoms with van der Waals surface area (Å²) in [5.74, 6) is -1.92. The number of nitrogens with one attached hydrogen (secondary N) is 1. The summed E-state index contributed by atoms with van der Waals surface area (Å²) in [7, 11) is 0. The van der Waals surface area contributed by atoms with Crippen LogP contribution in [0.4, 0.5) is 10.5 Å². The van der Waals surface area contributed by atoms with Crippen LogP contribution in [0.25, 0.3) is 0 Å². The van der Waals surface area contributed by atoms with E-state index in [-0.39, 0.29) is 39.7 Å². The molecular formula is C24H20N2O7. The van der Waals surface area contributed by atoms with Crippen molar-refractivity contribution < 1.29 is 33.1 Å². The first-order valence-electron chi connectivity index (χ1n) is 10.0. The summed E-state index contributed by atoms with van der Waals surface area (Å²) in [5, 5.41) is 2.57. The van der Waals surface area contributed by atoms with Crippen molar-refractivity contribution in [1.82, 2.24) is 4.98 Å². The number of carbonyl (C=O) groups is 4. The van der Waals surface area contributed by atoms with Gasteiger partial charge in [0.05, 0.1) is 11.1 Å². The zero-order chi connectivity index (χ0) is 23.9.